The first-order valence-corrected chi connectivity index (χ1v) is 7.41. The van der Waals surface area contributed by atoms with E-state index in [1.54, 1.807) is 13.2 Å². The molecule has 3 heteroatoms. The lowest BCUT2D eigenvalue weighted by Crippen LogP contribution is -2.07. The van der Waals surface area contributed by atoms with Crippen LogP contribution in [0.5, 0.6) is 17.2 Å². The van der Waals surface area contributed by atoms with Crippen LogP contribution in [-0.4, -0.2) is 12.2 Å². The first-order chi connectivity index (χ1) is 10.6. The number of ether oxygens (including phenoxy) is 2. The van der Waals surface area contributed by atoms with Crippen molar-refractivity contribution in [2.24, 2.45) is 0 Å². The molecule has 0 aromatic heterocycles. The second-order valence-corrected chi connectivity index (χ2v) is 5.62. The fourth-order valence-electron chi connectivity index (χ4n) is 2.98. The van der Waals surface area contributed by atoms with Crippen molar-refractivity contribution in [2.45, 2.75) is 25.4 Å². The Morgan fingerprint density at radius 3 is 2.82 bits per heavy atom. The smallest absolute Gasteiger partial charge is 0.160 e. The average Bonchev–Trinajstić information content (AvgIpc) is 2.85. The van der Waals surface area contributed by atoms with E-state index in [2.05, 4.69) is 25.6 Å². The van der Waals surface area contributed by atoms with Crippen molar-refractivity contribution >= 4 is 0 Å². The number of phenols is 1. The van der Waals surface area contributed by atoms with Gasteiger partial charge in [0.25, 0.3) is 0 Å². The molecule has 0 saturated heterocycles. The Hall–Kier alpha value is -2.42. The minimum absolute atomic E-state index is 0.0662. The van der Waals surface area contributed by atoms with E-state index in [-0.39, 0.29) is 17.8 Å². The highest BCUT2D eigenvalue weighted by molar-refractivity contribution is 5.48. The second kappa shape index (κ2) is 5.76. The maximum absolute atomic E-state index is 9.74. The number of benzene rings is 2. The lowest BCUT2D eigenvalue weighted by molar-refractivity contribution is 0.215. The molecule has 114 valence electrons. The molecule has 1 N–H and O–H groups in total. The third kappa shape index (κ3) is 2.43. The van der Waals surface area contributed by atoms with Crippen molar-refractivity contribution in [3.8, 4) is 17.2 Å². The summed E-state index contributed by atoms with van der Waals surface area (Å²) in [5.41, 5.74) is 3.47. The van der Waals surface area contributed by atoms with E-state index in [9.17, 15) is 5.11 Å². The van der Waals surface area contributed by atoms with Crippen LogP contribution in [0.15, 0.2) is 49.1 Å². The highest BCUT2D eigenvalue weighted by Crippen LogP contribution is 2.47. The molecule has 1 aliphatic rings. The van der Waals surface area contributed by atoms with Gasteiger partial charge in [0.2, 0.25) is 0 Å². The van der Waals surface area contributed by atoms with Gasteiger partial charge in [0.05, 0.1) is 7.11 Å². The van der Waals surface area contributed by atoms with Gasteiger partial charge in [-0.05, 0) is 35.7 Å². The molecule has 0 saturated carbocycles. The maximum Gasteiger partial charge on any atom is 0.160 e. The molecule has 2 aromatic rings. The lowest BCUT2D eigenvalue weighted by Gasteiger charge is -2.17. The molecule has 0 aliphatic carbocycles. The van der Waals surface area contributed by atoms with Gasteiger partial charge < -0.3 is 14.6 Å². The Labute approximate surface area is 130 Å². The van der Waals surface area contributed by atoms with Gasteiger partial charge in [-0.3, -0.25) is 0 Å². The fraction of sp³-hybridized carbons (Fsp3) is 0.263. The zero-order valence-corrected chi connectivity index (χ0v) is 12.9. The van der Waals surface area contributed by atoms with Crippen molar-refractivity contribution in [1.82, 2.24) is 0 Å². The van der Waals surface area contributed by atoms with Gasteiger partial charge in [-0.1, -0.05) is 31.2 Å². The van der Waals surface area contributed by atoms with Crippen LogP contribution in [0.3, 0.4) is 0 Å². The third-order valence-corrected chi connectivity index (χ3v) is 4.19. The number of fused-ring (bicyclic) bond motifs is 1. The molecule has 3 rings (SSSR count). The summed E-state index contributed by atoms with van der Waals surface area (Å²) in [5.74, 6) is 1.78. The van der Waals surface area contributed by atoms with Crippen molar-refractivity contribution in [3.63, 3.8) is 0 Å². The Kier molecular flexibility index (Phi) is 3.80. The van der Waals surface area contributed by atoms with Crippen molar-refractivity contribution in [1.29, 1.82) is 0 Å². The average molecular weight is 296 g/mol. The third-order valence-electron chi connectivity index (χ3n) is 4.19. The predicted octanol–water partition coefficient (Wildman–Crippen LogP) is 4.37. The van der Waals surface area contributed by atoms with Crippen LogP contribution < -0.4 is 9.47 Å². The number of rotatable bonds is 4. The van der Waals surface area contributed by atoms with Crippen molar-refractivity contribution in [2.75, 3.05) is 7.11 Å². The van der Waals surface area contributed by atoms with Crippen LogP contribution in [0.2, 0.25) is 0 Å². The number of methoxy groups -OCH3 is 1. The monoisotopic (exact) mass is 296 g/mol. The van der Waals surface area contributed by atoms with Gasteiger partial charge in [-0.2, -0.15) is 0 Å². The zero-order valence-electron chi connectivity index (χ0n) is 12.9. The Bertz CT molecular complexity index is 706. The van der Waals surface area contributed by atoms with E-state index >= 15 is 0 Å². The van der Waals surface area contributed by atoms with Gasteiger partial charge in [0.15, 0.2) is 11.5 Å². The highest BCUT2D eigenvalue weighted by Gasteiger charge is 2.32. The molecule has 3 nitrogen and oxygen atoms in total. The summed E-state index contributed by atoms with van der Waals surface area (Å²) in [4.78, 5) is 0. The highest BCUT2D eigenvalue weighted by atomic mass is 16.5. The molecular weight excluding hydrogens is 276 g/mol. The normalized spacial score (nSPS) is 19.4. The van der Waals surface area contributed by atoms with Crippen LogP contribution in [0, 0.1) is 0 Å². The molecule has 1 aliphatic heterocycles. The molecule has 0 amide bonds. The standard InChI is InChI=1S/C19H20O3/c1-4-5-13-6-9-17-15(10-13)12(2)19(22-17)14-7-8-16(20)18(11-14)21-3/h4,6-12,19-20H,1,5H2,2-3H3/t12-,19-/m1/s1. The van der Waals surface area contributed by atoms with Gasteiger partial charge >= 0.3 is 0 Å². The summed E-state index contributed by atoms with van der Waals surface area (Å²) >= 11 is 0. The number of phenolic OH excluding ortho intramolecular Hbond substituents is 1. The molecule has 22 heavy (non-hydrogen) atoms. The molecule has 2 aromatic carbocycles. The summed E-state index contributed by atoms with van der Waals surface area (Å²) in [6, 6.07) is 11.7. The van der Waals surface area contributed by atoms with E-state index in [1.807, 2.05) is 24.3 Å². The zero-order chi connectivity index (χ0) is 15.7. The van der Waals surface area contributed by atoms with E-state index in [0.717, 1.165) is 17.7 Å². The van der Waals surface area contributed by atoms with Crippen molar-refractivity contribution in [3.05, 3.63) is 65.7 Å². The topological polar surface area (TPSA) is 38.7 Å². The number of allylic oxidation sites excluding steroid dienone is 1. The Balaban J connectivity index is 1.93. The largest absolute Gasteiger partial charge is 0.504 e. The molecule has 0 radical (unpaired) electrons. The lowest BCUT2D eigenvalue weighted by atomic mass is 9.91. The molecule has 1 heterocycles. The quantitative estimate of drug-likeness (QED) is 0.852. The van der Waals surface area contributed by atoms with Crippen LogP contribution >= 0.6 is 0 Å². The summed E-state index contributed by atoms with van der Waals surface area (Å²) in [7, 11) is 1.55. The minimum Gasteiger partial charge on any atom is -0.504 e. The van der Waals surface area contributed by atoms with E-state index < -0.39 is 0 Å². The van der Waals surface area contributed by atoms with E-state index in [4.69, 9.17) is 9.47 Å². The van der Waals surface area contributed by atoms with Crippen LogP contribution in [-0.2, 0) is 6.42 Å². The number of aromatic hydroxyl groups is 1. The van der Waals surface area contributed by atoms with Gasteiger partial charge in [0, 0.05) is 11.5 Å². The Morgan fingerprint density at radius 2 is 2.09 bits per heavy atom. The van der Waals surface area contributed by atoms with Crippen LogP contribution in [0.1, 0.15) is 35.6 Å². The van der Waals surface area contributed by atoms with Gasteiger partial charge in [-0.15, -0.1) is 6.58 Å². The summed E-state index contributed by atoms with van der Waals surface area (Å²) in [5, 5.41) is 9.74. The molecule has 2 atom stereocenters. The predicted molar refractivity (Wildman–Crippen MR) is 86.8 cm³/mol. The van der Waals surface area contributed by atoms with E-state index in [0.29, 0.717) is 5.75 Å². The van der Waals surface area contributed by atoms with Crippen LogP contribution in [0.25, 0.3) is 0 Å². The van der Waals surface area contributed by atoms with Gasteiger partial charge in [0.1, 0.15) is 11.9 Å². The first-order valence-electron chi connectivity index (χ1n) is 7.41. The SMILES string of the molecule is C=CCc1ccc2c(c1)[C@@H](C)[C@H](c1ccc(O)c(OC)c1)O2. The number of hydrogen-bond donors (Lipinski definition) is 1. The maximum atomic E-state index is 9.74. The van der Waals surface area contributed by atoms with E-state index in [1.165, 1.54) is 11.1 Å². The molecule has 0 fully saturated rings. The Morgan fingerprint density at radius 1 is 1.27 bits per heavy atom. The summed E-state index contributed by atoms with van der Waals surface area (Å²) in [6.07, 6.45) is 2.70. The number of hydrogen-bond acceptors (Lipinski definition) is 3. The second-order valence-electron chi connectivity index (χ2n) is 5.62. The fourth-order valence-corrected chi connectivity index (χ4v) is 2.98. The minimum atomic E-state index is -0.0662. The van der Waals surface area contributed by atoms with Crippen molar-refractivity contribution < 1.29 is 14.6 Å². The summed E-state index contributed by atoms with van der Waals surface area (Å²) < 4.78 is 11.3. The van der Waals surface area contributed by atoms with Gasteiger partial charge in [-0.25, -0.2) is 0 Å². The molecular formula is C19H20O3. The molecule has 0 bridgehead atoms. The molecule has 0 unspecified atom stereocenters. The molecule has 0 spiro atoms. The van der Waals surface area contributed by atoms with Crippen LogP contribution in [0.4, 0.5) is 0 Å². The first kappa shape index (κ1) is 14.5. The summed E-state index contributed by atoms with van der Waals surface area (Å²) in [6.45, 7) is 5.95.